The number of rotatable bonds is 5. The monoisotopic (exact) mass is 276 g/mol. The van der Waals surface area contributed by atoms with E-state index in [2.05, 4.69) is 5.32 Å². The molecule has 20 heavy (non-hydrogen) atoms. The average molecular weight is 276 g/mol. The third-order valence-electron chi connectivity index (χ3n) is 3.35. The van der Waals surface area contributed by atoms with E-state index in [1.807, 2.05) is 13.0 Å². The minimum absolute atomic E-state index is 0.0622. The standard InChI is InChI=1S/C13H16N4O3/c1-3-13(2,8-15)12(18)16-10-5-4-9(7-14)6-11(10)17(19)20/h4-6H,3,8,15H2,1-2H3,(H,16,18). The van der Waals surface area contributed by atoms with E-state index in [4.69, 9.17) is 11.0 Å². The maximum atomic E-state index is 12.1. The van der Waals surface area contributed by atoms with Crippen LogP contribution in [-0.2, 0) is 4.79 Å². The Morgan fingerprint density at radius 3 is 2.70 bits per heavy atom. The summed E-state index contributed by atoms with van der Waals surface area (Å²) in [5.41, 5.74) is 4.70. The number of nitrogens with one attached hydrogen (secondary N) is 1. The molecule has 1 aromatic carbocycles. The van der Waals surface area contributed by atoms with Crippen molar-refractivity contribution in [2.24, 2.45) is 11.1 Å². The number of hydrogen-bond acceptors (Lipinski definition) is 5. The van der Waals surface area contributed by atoms with Crippen molar-refractivity contribution < 1.29 is 9.72 Å². The van der Waals surface area contributed by atoms with Crippen molar-refractivity contribution in [1.82, 2.24) is 0 Å². The molecule has 1 rings (SSSR count). The van der Waals surface area contributed by atoms with Gasteiger partial charge in [-0.05, 0) is 25.5 Å². The number of carbonyl (C=O) groups excluding carboxylic acids is 1. The first-order chi connectivity index (χ1) is 9.37. The van der Waals surface area contributed by atoms with Crippen LogP contribution >= 0.6 is 0 Å². The summed E-state index contributed by atoms with van der Waals surface area (Å²) in [5.74, 6) is -0.379. The summed E-state index contributed by atoms with van der Waals surface area (Å²) in [5, 5.41) is 22.2. The molecule has 0 heterocycles. The van der Waals surface area contributed by atoms with Gasteiger partial charge < -0.3 is 11.1 Å². The molecule has 7 nitrogen and oxygen atoms in total. The van der Waals surface area contributed by atoms with Crippen LogP contribution < -0.4 is 11.1 Å². The maximum absolute atomic E-state index is 12.1. The summed E-state index contributed by atoms with van der Waals surface area (Å²) in [6.07, 6.45) is 0.513. The van der Waals surface area contributed by atoms with Crippen LogP contribution in [0.5, 0.6) is 0 Å². The van der Waals surface area contributed by atoms with Gasteiger partial charge in [0.1, 0.15) is 5.69 Å². The van der Waals surface area contributed by atoms with Gasteiger partial charge in [-0.3, -0.25) is 14.9 Å². The van der Waals surface area contributed by atoms with Crippen molar-refractivity contribution in [3.8, 4) is 6.07 Å². The van der Waals surface area contributed by atoms with Crippen molar-refractivity contribution in [2.45, 2.75) is 20.3 Å². The van der Waals surface area contributed by atoms with E-state index >= 15 is 0 Å². The Hall–Kier alpha value is -2.46. The third-order valence-corrected chi connectivity index (χ3v) is 3.35. The molecular formula is C13H16N4O3. The number of amides is 1. The van der Waals surface area contributed by atoms with Crippen molar-refractivity contribution in [3.05, 3.63) is 33.9 Å². The lowest BCUT2D eigenvalue weighted by Gasteiger charge is -2.24. The van der Waals surface area contributed by atoms with E-state index in [1.165, 1.54) is 12.1 Å². The lowest BCUT2D eigenvalue weighted by atomic mass is 9.86. The Bertz CT molecular complexity index is 573. The molecule has 0 radical (unpaired) electrons. The summed E-state index contributed by atoms with van der Waals surface area (Å²) in [4.78, 5) is 22.5. The molecular weight excluding hydrogens is 260 g/mol. The van der Waals surface area contributed by atoms with Crippen LogP contribution in [-0.4, -0.2) is 17.4 Å². The highest BCUT2D eigenvalue weighted by Gasteiger charge is 2.31. The van der Waals surface area contributed by atoms with E-state index < -0.39 is 10.3 Å². The van der Waals surface area contributed by atoms with Crippen LogP contribution in [0.2, 0.25) is 0 Å². The lowest BCUT2D eigenvalue weighted by molar-refractivity contribution is -0.384. The Morgan fingerprint density at radius 2 is 2.25 bits per heavy atom. The average Bonchev–Trinajstić information content (AvgIpc) is 2.46. The van der Waals surface area contributed by atoms with Gasteiger partial charge in [0.25, 0.3) is 5.69 Å². The minimum Gasteiger partial charge on any atom is -0.329 e. The molecule has 1 amide bonds. The largest absolute Gasteiger partial charge is 0.329 e. The second-order valence-corrected chi connectivity index (χ2v) is 4.67. The Morgan fingerprint density at radius 1 is 1.60 bits per heavy atom. The first-order valence-electron chi connectivity index (χ1n) is 6.08. The van der Waals surface area contributed by atoms with E-state index in [9.17, 15) is 14.9 Å². The zero-order chi connectivity index (χ0) is 15.3. The van der Waals surface area contributed by atoms with E-state index in [0.29, 0.717) is 6.42 Å². The number of nitrogens with two attached hydrogens (primary N) is 1. The van der Waals surface area contributed by atoms with Gasteiger partial charge in [-0.25, -0.2) is 0 Å². The fourth-order valence-electron chi connectivity index (χ4n) is 1.53. The second-order valence-electron chi connectivity index (χ2n) is 4.67. The van der Waals surface area contributed by atoms with Crippen LogP contribution in [0.1, 0.15) is 25.8 Å². The number of carbonyl (C=O) groups is 1. The van der Waals surface area contributed by atoms with Gasteiger partial charge in [-0.1, -0.05) is 6.92 Å². The van der Waals surface area contributed by atoms with Crippen LogP contribution in [0, 0.1) is 26.9 Å². The van der Waals surface area contributed by atoms with Crippen molar-refractivity contribution in [3.63, 3.8) is 0 Å². The molecule has 0 aromatic heterocycles. The van der Waals surface area contributed by atoms with Gasteiger partial charge in [0.05, 0.1) is 22.0 Å². The fourth-order valence-corrected chi connectivity index (χ4v) is 1.53. The topological polar surface area (TPSA) is 122 Å². The molecule has 1 unspecified atom stereocenters. The number of benzene rings is 1. The Labute approximate surface area is 116 Å². The predicted octanol–water partition coefficient (Wildman–Crippen LogP) is 1.78. The fraction of sp³-hybridized carbons (Fsp3) is 0.385. The van der Waals surface area contributed by atoms with Crippen molar-refractivity contribution in [2.75, 3.05) is 11.9 Å². The first kappa shape index (κ1) is 15.6. The number of nitro benzene ring substituents is 1. The van der Waals surface area contributed by atoms with Gasteiger partial charge in [0.2, 0.25) is 5.91 Å². The van der Waals surface area contributed by atoms with Gasteiger partial charge in [0, 0.05) is 12.6 Å². The van der Waals surface area contributed by atoms with Crippen molar-refractivity contribution >= 4 is 17.3 Å². The molecule has 7 heteroatoms. The summed E-state index contributed by atoms with van der Waals surface area (Å²) < 4.78 is 0. The molecule has 0 spiro atoms. The summed E-state index contributed by atoms with van der Waals surface area (Å²) >= 11 is 0. The van der Waals surface area contributed by atoms with Crippen molar-refractivity contribution in [1.29, 1.82) is 5.26 Å². The third kappa shape index (κ3) is 3.10. The summed E-state index contributed by atoms with van der Waals surface area (Å²) in [6.45, 7) is 3.65. The smallest absolute Gasteiger partial charge is 0.294 e. The summed E-state index contributed by atoms with van der Waals surface area (Å²) in [7, 11) is 0. The van der Waals surface area contributed by atoms with Gasteiger partial charge in [-0.2, -0.15) is 5.26 Å². The maximum Gasteiger partial charge on any atom is 0.294 e. The normalized spacial score (nSPS) is 13.1. The molecule has 0 aliphatic rings. The molecule has 0 bridgehead atoms. The number of nitriles is 1. The quantitative estimate of drug-likeness (QED) is 0.627. The molecule has 1 atom stereocenters. The number of nitrogens with zero attached hydrogens (tertiary/aromatic N) is 2. The number of nitro groups is 1. The SMILES string of the molecule is CCC(C)(CN)C(=O)Nc1ccc(C#N)cc1[N+](=O)[O-]. The van der Waals surface area contributed by atoms with Crippen LogP contribution in [0.4, 0.5) is 11.4 Å². The highest BCUT2D eigenvalue weighted by Crippen LogP contribution is 2.28. The zero-order valence-corrected chi connectivity index (χ0v) is 11.3. The molecule has 0 aliphatic heterocycles. The Kier molecular flexibility index (Phi) is 4.78. The second kappa shape index (κ2) is 6.12. The first-order valence-corrected chi connectivity index (χ1v) is 6.08. The summed E-state index contributed by atoms with van der Waals surface area (Å²) in [6, 6.07) is 5.70. The molecule has 1 aromatic rings. The molecule has 0 saturated heterocycles. The van der Waals surface area contributed by atoms with E-state index in [0.717, 1.165) is 6.07 Å². The number of hydrogen-bond donors (Lipinski definition) is 2. The molecule has 106 valence electrons. The molecule has 0 fully saturated rings. The molecule has 0 saturated carbocycles. The molecule has 3 N–H and O–H groups in total. The van der Waals surface area contributed by atoms with Gasteiger partial charge in [0.15, 0.2) is 0 Å². The molecule has 0 aliphatic carbocycles. The lowest BCUT2D eigenvalue weighted by Crippen LogP contribution is -2.39. The van der Waals surface area contributed by atoms with Gasteiger partial charge >= 0.3 is 0 Å². The van der Waals surface area contributed by atoms with Crippen LogP contribution in [0.15, 0.2) is 18.2 Å². The number of anilines is 1. The Balaban J connectivity index is 3.13. The van der Waals surface area contributed by atoms with Gasteiger partial charge in [-0.15, -0.1) is 0 Å². The van der Waals surface area contributed by atoms with E-state index in [-0.39, 0.29) is 29.4 Å². The highest BCUT2D eigenvalue weighted by molar-refractivity contribution is 5.97. The minimum atomic E-state index is -0.790. The zero-order valence-electron chi connectivity index (χ0n) is 11.3. The highest BCUT2D eigenvalue weighted by atomic mass is 16.6. The predicted molar refractivity (Wildman–Crippen MR) is 73.9 cm³/mol. The van der Waals surface area contributed by atoms with Crippen LogP contribution in [0.25, 0.3) is 0 Å². The van der Waals surface area contributed by atoms with E-state index in [1.54, 1.807) is 6.92 Å². The van der Waals surface area contributed by atoms with Crippen LogP contribution in [0.3, 0.4) is 0 Å².